The first-order chi connectivity index (χ1) is 5.17. The van der Waals surface area contributed by atoms with Crippen molar-refractivity contribution in [2.24, 2.45) is 0 Å². The SMILES string of the molecule is O=S1(=O)OC2=CC=CCN2O1. The van der Waals surface area contributed by atoms with Crippen LogP contribution in [0.1, 0.15) is 0 Å². The second kappa shape index (κ2) is 1.99. The molecule has 1 fully saturated rings. The Hall–Kier alpha value is -1.01. The molecule has 0 aromatic rings. The number of hydroxylamine groups is 2. The van der Waals surface area contributed by atoms with E-state index in [0.717, 1.165) is 5.06 Å². The number of nitrogens with zero attached hydrogens (tertiary/aromatic N) is 1. The van der Waals surface area contributed by atoms with Crippen LogP contribution in [0.2, 0.25) is 0 Å². The zero-order valence-corrected chi connectivity index (χ0v) is 6.24. The van der Waals surface area contributed by atoms with Crippen molar-refractivity contribution in [2.75, 3.05) is 6.54 Å². The lowest BCUT2D eigenvalue weighted by molar-refractivity contribution is 0.00862. The summed E-state index contributed by atoms with van der Waals surface area (Å²) >= 11 is 0. The summed E-state index contributed by atoms with van der Waals surface area (Å²) in [5.41, 5.74) is 0. The molecule has 6 heteroatoms. The van der Waals surface area contributed by atoms with E-state index in [2.05, 4.69) is 8.47 Å². The van der Waals surface area contributed by atoms with Crippen LogP contribution in [0.25, 0.3) is 0 Å². The van der Waals surface area contributed by atoms with Gasteiger partial charge in [0.05, 0.1) is 6.54 Å². The molecular formula is C5H5NO4S. The van der Waals surface area contributed by atoms with Crippen molar-refractivity contribution in [3.8, 4) is 0 Å². The Bertz CT molecular complexity index is 328. The van der Waals surface area contributed by atoms with Crippen LogP contribution in [0.5, 0.6) is 0 Å². The first kappa shape index (κ1) is 6.68. The average Bonchev–Trinajstić information content (AvgIpc) is 2.21. The Morgan fingerprint density at radius 2 is 2.36 bits per heavy atom. The first-order valence-electron chi connectivity index (χ1n) is 2.96. The molecule has 0 amide bonds. The quantitative estimate of drug-likeness (QED) is 0.514. The topological polar surface area (TPSA) is 55.8 Å². The van der Waals surface area contributed by atoms with Crippen LogP contribution >= 0.6 is 0 Å². The molecule has 1 saturated heterocycles. The van der Waals surface area contributed by atoms with E-state index in [1.165, 1.54) is 6.08 Å². The van der Waals surface area contributed by atoms with Crippen molar-refractivity contribution in [3.63, 3.8) is 0 Å². The lowest BCUT2D eigenvalue weighted by Crippen LogP contribution is -2.18. The predicted molar refractivity (Wildman–Crippen MR) is 35.0 cm³/mol. The zero-order valence-electron chi connectivity index (χ0n) is 5.43. The van der Waals surface area contributed by atoms with Crippen molar-refractivity contribution in [1.82, 2.24) is 5.06 Å². The number of hydrogen-bond donors (Lipinski definition) is 0. The Balaban J connectivity index is 2.35. The van der Waals surface area contributed by atoms with E-state index in [0.29, 0.717) is 6.54 Å². The fraction of sp³-hybridized carbons (Fsp3) is 0.200. The fourth-order valence-corrected chi connectivity index (χ4v) is 1.58. The molecule has 0 saturated carbocycles. The highest BCUT2D eigenvalue weighted by Gasteiger charge is 2.33. The maximum atomic E-state index is 10.6. The van der Waals surface area contributed by atoms with Gasteiger partial charge in [0.15, 0.2) is 0 Å². The second-order valence-corrected chi connectivity index (χ2v) is 3.19. The first-order valence-corrected chi connectivity index (χ1v) is 4.29. The van der Waals surface area contributed by atoms with Gasteiger partial charge in [-0.2, -0.15) is 13.5 Å². The third-order valence-electron chi connectivity index (χ3n) is 1.26. The maximum absolute atomic E-state index is 10.6. The van der Waals surface area contributed by atoms with Gasteiger partial charge in [0.1, 0.15) is 0 Å². The van der Waals surface area contributed by atoms with Crippen LogP contribution in [-0.2, 0) is 18.9 Å². The molecule has 2 aliphatic rings. The highest BCUT2D eigenvalue weighted by Crippen LogP contribution is 2.24. The van der Waals surface area contributed by atoms with Gasteiger partial charge in [0, 0.05) is 6.08 Å². The average molecular weight is 175 g/mol. The van der Waals surface area contributed by atoms with Crippen LogP contribution < -0.4 is 0 Å². The third kappa shape index (κ3) is 1.10. The van der Waals surface area contributed by atoms with Gasteiger partial charge >= 0.3 is 10.4 Å². The molecule has 0 unspecified atom stereocenters. The summed E-state index contributed by atoms with van der Waals surface area (Å²) in [6, 6.07) is 0. The molecule has 0 aromatic carbocycles. The van der Waals surface area contributed by atoms with Gasteiger partial charge in [0.2, 0.25) is 5.88 Å². The number of hydrogen-bond acceptors (Lipinski definition) is 5. The third-order valence-corrected chi connectivity index (χ3v) is 2.00. The lowest BCUT2D eigenvalue weighted by atomic mass is 10.4. The summed E-state index contributed by atoms with van der Waals surface area (Å²) in [4.78, 5) is 0. The molecule has 11 heavy (non-hydrogen) atoms. The summed E-state index contributed by atoms with van der Waals surface area (Å²) < 4.78 is 30.1. The normalized spacial score (nSPS) is 25.8. The van der Waals surface area contributed by atoms with Gasteiger partial charge in [0.25, 0.3) is 0 Å². The van der Waals surface area contributed by atoms with Crippen LogP contribution in [0.3, 0.4) is 0 Å². The molecule has 2 rings (SSSR count). The van der Waals surface area contributed by atoms with Gasteiger partial charge in [-0.15, -0.1) is 4.28 Å². The van der Waals surface area contributed by atoms with E-state index in [1.807, 2.05) is 0 Å². The molecule has 0 spiro atoms. The maximum Gasteiger partial charge on any atom is 0.472 e. The molecule has 2 aliphatic heterocycles. The van der Waals surface area contributed by atoms with Gasteiger partial charge < -0.3 is 4.18 Å². The van der Waals surface area contributed by atoms with Crippen LogP contribution in [0, 0.1) is 0 Å². The molecule has 5 nitrogen and oxygen atoms in total. The van der Waals surface area contributed by atoms with E-state index in [1.54, 1.807) is 12.2 Å². The Morgan fingerprint density at radius 1 is 1.55 bits per heavy atom. The van der Waals surface area contributed by atoms with E-state index in [-0.39, 0.29) is 5.88 Å². The molecule has 0 N–H and O–H groups in total. The summed E-state index contributed by atoms with van der Waals surface area (Å²) in [5.74, 6) is 0.215. The lowest BCUT2D eigenvalue weighted by Gasteiger charge is -2.10. The Labute approximate surface area is 63.8 Å². The Morgan fingerprint density at radius 3 is 3.09 bits per heavy atom. The molecular weight excluding hydrogens is 170 g/mol. The highest BCUT2D eigenvalue weighted by atomic mass is 32.3. The molecule has 0 radical (unpaired) electrons. The molecule has 0 aliphatic carbocycles. The summed E-state index contributed by atoms with van der Waals surface area (Å²) in [6.07, 6.45) is 4.98. The summed E-state index contributed by atoms with van der Waals surface area (Å²) in [6.45, 7) is 0.394. The van der Waals surface area contributed by atoms with Crippen LogP contribution in [0.15, 0.2) is 24.1 Å². The highest BCUT2D eigenvalue weighted by molar-refractivity contribution is 7.82. The van der Waals surface area contributed by atoms with E-state index < -0.39 is 10.4 Å². The number of fused-ring (bicyclic) bond motifs is 1. The van der Waals surface area contributed by atoms with E-state index in [9.17, 15) is 8.42 Å². The van der Waals surface area contributed by atoms with Crippen LogP contribution in [0.4, 0.5) is 0 Å². The summed E-state index contributed by atoms with van der Waals surface area (Å²) in [7, 11) is -3.81. The molecule has 0 atom stereocenters. The minimum atomic E-state index is -3.81. The molecule has 0 bridgehead atoms. The second-order valence-electron chi connectivity index (χ2n) is 2.06. The largest absolute Gasteiger partial charge is 0.472 e. The van der Waals surface area contributed by atoms with E-state index >= 15 is 0 Å². The smallest absolute Gasteiger partial charge is 0.339 e. The van der Waals surface area contributed by atoms with Gasteiger partial charge in [-0.25, -0.2) is 0 Å². The van der Waals surface area contributed by atoms with Crippen molar-refractivity contribution in [3.05, 3.63) is 24.1 Å². The minimum Gasteiger partial charge on any atom is -0.339 e. The van der Waals surface area contributed by atoms with Crippen molar-refractivity contribution in [2.45, 2.75) is 0 Å². The zero-order chi connectivity index (χ0) is 7.90. The monoisotopic (exact) mass is 175 g/mol. The molecule has 60 valence electrons. The number of allylic oxidation sites excluding steroid dienone is 2. The van der Waals surface area contributed by atoms with Crippen molar-refractivity contribution in [1.29, 1.82) is 0 Å². The van der Waals surface area contributed by atoms with Crippen molar-refractivity contribution >= 4 is 10.4 Å². The minimum absolute atomic E-state index is 0.215. The van der Waals surface area contributed by atoms with Crippen LogP contribution in [-0.4, -0.2) is 20.0 Å². The Kier molecular flexibility index (Phi) is 1.21. The van der Waals surface area contributed by atoms with Crippen molar-refractivity contribution < 1.29 is 16.9 Å². The van der Waals surface area contributed by atoms with E-state index in [4.69, 9.17) is 0 Å². The molecule has 2 heterocycles. The summed E-state index contributed by atoms with van der Waals surface area (Å²) in [5, 5.41) is 1.16. The number of rotatable bonds is 0. The standard InChI is InChI=1S/C5H5NO4S/c7-11(8)9-5-3-1-2-4-6(5)10-11/h1-3H,4H2. The van der Waals surface area contributed by atoms with Gasteiger partial charge in [-0.3, -0.25) is 0 Å². The van der Waals surface area contributed by atoms with Gasteiger partial charge in [-0.1, -0.05) is 12.2 Å². The predicted octanol–water partition coefficient (Wildman–Crippen LogP) is -0.0938. The fourth-order valence-electron chi connectivity index (χ4n) is 0.847. The van der Waals surface area contributed by atoms with Gasteiger partial charge in [-0.05, 0) is 0 Å². The molecule has 0 aromatic heterocycles.